The van der Waals surface area contributed by atoms with E-state index in [4.69, 9.17) is 13.9 Å². The first kappa shape index (κ1) is 12.9. The van der Waals surface area contributed by atoms with E-state index in [-0.39, 0.29) is 6.10 Å². The number of furan rings is 1. The molecule has 20 heavy (non-hydrogen) atoms. The van der Waals surface area contributed by atoms with Crippen molar-refractivity contribution < 1.29 is 13.9 Å². The van der Waals surface area contributed by atoms with Gasteiger partial charge < -0.3 is 13.9 Å². The molecule has 1 aromatic heterocycles. The highest BCUT2D eigenvalue weighted by Crippen LogP contribution is 2.36. The van der Waals surface area contributed by atoms with Crippen molar-refractivity contribution in [1.29, 1.82) is 0 Å². The van der Waals surface area contributed by atoms with Crippen LogP contribution in [0.15, 0.2) is 16.7 Å². The largest absolute Gasteiger partial charge is 0.466 e. The predicted molar refractivity (Wildman–Crippen MR) is 74.7 cm³/mol. The maximum Gasteiger partial charge on any atom is 0.135 e. The molecule has 0 N–H and O–H groups in total. The van der Waals surface area contributed by atoms with E-state index >= 15 is 0 Å². The van der Waals surface area contributed by atoms with Gasteiger partial charge in [0, 0.05) is 32.3 Å². The minimum atomic E-state index is 0.194. The number of hydrogen-bond acceptors (Lipinski definition) is 4. The second-order valence-electron chi connectivity index (χ2n) is 6.22. The average molecular weight is 277 g/mol. The number of aryl methyl sites for hydroxylation is 1. The lowest BCUT2D eigenvalue weighted by atomic mass is 10.1. The number of rotatable bonds is 3. The summed E-state index contributed by atoms with van der Waals surface area (Å²) < 4.78 is 17.4. The third kappa shape index (κ3) is 2.41. The van der Waals surface area contributed by atoms with E-state index in [2.05, 4.69) is 11.0 Å². The third-order valence-corrected chi connectivity index (χ3v) is 4.99. The van der Waals surface area contributed by atoms with Crippen LogP contribution in [0.25, 0.3) is 0 Å². The Morgan fingerprint density at radius 3 is 2.95 bits per heavy atom. The number of ether oxygens (including phenoxy) is 2. The van der Waals surface area contributed by atoms with Crippen molar-refractivity contribution in [2.24, 2.45) is 0 Å². The Labute approximate surface area is 120 Å². The summed E-state index contributed by atoms with van der Waals surface area (Å²) in [5.41, 5.74) is 1.34. The minimum absolute atomic E-state index is 0.194. The third-order valence-electron chi connectivity index (χ3n) is 4.99. The lowest BCUT2D eigenvalue weighted by Crippen LogP contribution is -2.38. The van der Waals surface area contributed by atoms with E-state index in [9.17, 15) is 0 Å². The topological polar surface area (TPSA) is 34.8 Å². The van der Waals surface area contributed by atoms with Gasteiger partial charge in [-0.05, 0) is 43.7 Å². The SMILES string of the molecule is c1cc2c(o1)C(O[C@@H]1CCN(C3CCOCC3)C1)CC2. The van der Waals surface area contributed by atoms with Crippen LogP contribution in [-0.4, -0.2) is 43.3 Å². The molecular weight excluding hydrogens is 254 g/mol. The summed E-state index contributed by atoms with van der Waals surface area (Å²) in [6.07, 6.45) is 8.07. The highest BCUT2D eigenvalue weighted by molar-refractivity contribution is 5.24. The Hall–Kier alpha value is -0.840. The van der Waals surface area contributed by atoms with Crippen LogP contribution in [0.5, 0.6) is 0 Å². The van der Waals surface area contributed by atoms with Gasteiger partial charge in [0.15, 0.2) is 0 Å². The van der Waals surface area contributed by atoms with Crippen molar-refractivity contribution in [1.82, 2.24) is 4.90 Å². The molecule has 4 heteroatoms. The standard InChI is InChI=1S/C16H23NO3/c1-2-15(16-12(1)4-10-19-16)20-14-3-7-17(11-14)13-5-8-18-9-6-13/h4,10,13-15H,1-3,5-9,11H2/t14-,15?/m1/s1. The second-order valence-corrected chi connectivity index (χ2v) is 6.22. The summed E-state index contributed by atoms with van der Waals surface area (Å²) in [4.78, 5) is 2.60. The lowest BCUT2D eigenvalue weighted by molar-refractivity contribution is -0.0229. The number of likely N-dealkylation sites (tertiary alicyclic amines) is 1. The van der Waals surface area contributed by atoms with Gasteiger partial charge in [0.2, 0.25) is 0 Å². The van der Waals surface area contributed by atoms with Gasteiger partial charge in [0.1, 0.15) is 11.9 Å². The van der Waals surface area contributed by atoms with Crippen molar-refractivity contribution in [2.75, 3.05) is 26.3 Å². The average Bonchev–Trinajstić information content (AvgIpc) is 3.19. The monoisotopic (exact) mass is 277 g/mol. The van der Waals surface area contributed by atoms with Crippen molar-refractivity contribution in [3.63, 3.8) is 0 Å². The van der Waals surface area contributed by atoms with Crippen molar-refractivity contribution in [3.05, 3.63) is 23.7 Å². The first-order valence-corrected chi connectivity index (χ1v) is 7.93. The van der Waals surface area contributed by atoms with E-state index in [1.54, 1.807) is 6.26 Å². The minimum Gasteiger partial charge on any atom is -0.466 e. The fraction of sp³-hybridized carbons (Fsp3) is 0.750. The first-order valence-electron chi connectivity index (χ1n) is 7.93. The number of nitrogens with zero attached hydrogens (tertiary/aromatic N) is 1. The van der Waals surface area contributed by atoms with Gasteiger partial charge in [0.25, 0.3) is 0 Å². The number of fused-ring (bicyclic) bond motifs is 1. The highest BCUT2D eigenvalue weighted by Gasteiger charge is 2.34. The molecule has 2 saturated heterocycles. The Kier molecular flexibility index (Phi) is 3.54. The van der Waals surface area contributed by atoms with E-state index < -0.39 is 0 Å². The molecule has 0 bridgehead atoms. The van der Waals surface area contributed by atoms with Crippen LogP contribution in [0.4, 0.5) is 0 Å². The molecule has 3 heterocycles. The van der Waals surface area contributed by atoms with Crippen LogP contribution < -0.4 is 0 Å². The number of hydrogen-bond donors (Lipinski definition) is 0. The fourth-order valence-corrected chi connectivity index (χ4v) is 3.86. The van der Waals surface area contributed by atoms with Crippen LogP contribution in [0.2, 0.25) is 0 Å². The predicted octanol–water partition coefficient (Wildman–Crippen LogP) is 2.54. The molecule has 3 aliphatic rings. The van der Waals surface area contributed by atoms with Gasteiger partial charge in [-0.25, -0.2) is 0 Å². The zero-order chi connectivity index (χ0) is 13.4. The summed E-state index contributed by atoms with van der Waals surface area (Å²) in [6, 6.07) is 2.79. The second kappa shape index (κ2) is 5.51. The molecule has 1 aliphatic carbocycles. The zero-order valence-electron chi connectivity index (χ0n) is 11.9. The maximum absolute atomic E-state index is 6.31. The van der Waals surface area contributed by atoms with Crippen molar-refractivity contribution >= 4 is 0 Å². The van der Waals surface area contributed by atoms with Crippen LogP contribution in [0.3, 0.4) is 0 Å². The van der Waals surface area contributed by atoms with E-state index in [1.807, 2.05) is 0 Å². The summed E-state index contributed by atoms with van der Waals surface area (Å²) in [5, 5.41) is 0. The molecule has 0 saturated carbocycles. The first-order chi connectivity index (χ1) is 9.90. The van der Waals surface area contributed by atoms with Gasteiger partial charge in [-0.2, -0.15) is 0 Å². The van der Waals surface area contributed by atoms with Crippen LogP contribution in [0.1, 0.15) is 43.1 Å². The molecule has 2 atom stereocenters. The quantitative estimate of drug-likeness (QED) is 0.850. The molecule has 0 spiro atoms. The van der Waals surface area contributed by atoms with Gasteiger partial charge in [-0.3, -0.25) is 4.90 Å². The Morgan fingerprint density at radius 2 is 2.05 bits per heavy atom. The van der Waals surface area contributed by atoms with Gasteiger partial charge in [-0.1, -0.05) is 0 Å². The summed E-state index contributed by atoms with van der Waals surface area (Å²) in [7, 11) is 0. The summed E-state index contributed by atoms with van der Waals surface area (Å²) in [6.45, 7) is 4.10. The molecule has 0 amide bonds. The van der Waals surface area contributed by atoms with Gasteiger partial charge in [0.05, 0.1) is 12.4 Å². The van der Waals surface area contributed by atoms with E-state index in [1.165, 1.54) is 24.9 Å². The smallest absolute Gasteiger partial charge is 0.135 e. The lowest BCUT2D eigenvalue weighted by Gasteiger charge is -2.31. The Bertz CT molecular complexity index is 452. The normalized spacial score (nSPS) is 31.8. The van der Waals surface area contributed by atoms with Crippen molar-refractivity contribution in [3.8, 4) is 0 Å². The molecule has 0 aromatic carbocycles. The zero-order valence-corrected chi connectivity index (χ0v) is 11.9. The van der Waals surface area contributed by atoms with Gasteiger partial charge in [-0.15, -0.1) is 0 Å². The van der Waals surface area contributed by atoms with Crippen LogP contribution in [-0.2, 0) is 15.9 Å². The van der Waals surface area contributed by atoms with Crippen LogP contribution in [0, 0.1) is 0 Å². The molecule has 0 radical (unpaired) electrons. The molecule has 4 nitrogen and oxygen atoms in total. The molecule has 4 rings (SSSR count). The fourth-order valence-electron chi connectivity index (χ4n) is 3.86. The molecule has 2 fully saturated rings. The summed E-state index contributed by atoms with van der Waals surface area (Å²) in [5.74, 6) is 1.08. The van der Waals surface area contributed by atoms with Crippen LogP contribution >= 0.6 is 0 Å². The van der Waals surface area contributed by atoms with Crippen molar-refractivity contribution in [2.45, 2.75) is 50.4 Å². The molecule has 110 valence electrons. The molecule has 1 unspecified atom stereocenters. The summed E-state index contributed by atoms with van der Waals surface area (Å²) >= 11 is 0. The molecule has 1 aromatic rings. The molecular formula is C16H23NO3. The van der Waals surface area contributed by atoms with E-state index in [0.29, 0.717) is 12.1 Å². The molecule has 2 aliphatic heterocycles. The Balaban J connectivity index is 1.33. The Morgan fingerprint density at radius 1 is 1.15 bits per heavy atom. The highest BCUT2D eigenvalue weighted by atomic mass is 16.5. The van der Waals surface area contributed by atoms with E-state index in [0.717, 1.165) is 44.8 Å². The maximum atomic E-state index is 6.31. The van der Waals surface area contributed by atoms with Gasteiger partial charge >= 0.3 is 0 Å².